The molecule has 0 radical (unpaired) electrons. The molecule has 7 heteroatoms. The molecule has 25 heavy (non-hydrogen) atoms. The molecule has 1 saturated heterocycles. The number of fused-ring (bicyclic) bond motifs is 1. The Morgan fingerprint density at radius 2 is 2.28 bits per heavy atom. The van der Waals surface area contributed by atoms with Gasteiger partial charge in [0.05, 0.1) is 6.04 Å². The van der Waals surface area contributed by atoms with Gasteiger partial charge in [-0.05, 0) is 50.4 Å². The van der Waals surface area contributed by atoms with E-state index >= 15 is 0 Å². The number of carbonyl (C=O) groups excluding carboxylic acids is 1. The highest BCUT2D eigenvalue weighted by atomic mass is 16.5. The van der Waals surface area contributed by atoms with Gasteiger partial charge in [-0.15, -0.1) is 0 Å². The summed E-state index contributed by atoms with van der Waals surface area (Å²) < 4.78 is 11.2. The number of benzene rings is 1. The molecule has 4 rings (SSSR count). The quantitative estimate of drug-likeness (QED) is 0.915. The van der Waals surface area contributed by atoms with Crippen molar-refractivity contribution in [3.8, 4) is 5.75 Å². The van der Waals surface area contributed by atoms with Crippen LogP contribution in [0.3, 0.4) is 0 Å². The standard InChI is InChI=1S/C18H22N4O3/c1-18(2)9-12-8-11(5-6-14(12)24-18)10-22-7-3-4-13(22)17-20-16(15(19)23)21-25-17/h5-6,8,13H,3-4,7,9-10H2,1-2H3,(H2,19,23)/t13-/m0/s1. The molecule has 1 fully saturated rings. The van der Waals surface area contributed by atoms with Gasteiger partial charge in [-0.1, -0.05) is 17.3 Å². The minimum Gasteiger partial charge on any atom is -0.487 e. The molecule has 0 unspecified atom stereocenters. The molecular weight excluding hydrogens is 320 g/mol. The molecule has 1 aromatic carbocycles. The summed E-state index contributed by atoms with van der Waals surface area (Å²) in [5.74, 6) is 0.728. The van der Waals surface area contributed by atoms with Crippen molar-refractivity contribution in [2.24, 2.45) is 5.73 Å². The molecule has 0 bridgehead atoms. The van der Waals surface area contributed by atoms with Crippen LogP contribution in [0.5, 0.6) is 5.75 Å². The van der Waals surface area contributed by atoms with Crippen molar-refractivity contribution in [1.82, 2.24) is 15.0 Å². The Hall–Kier alpha value is -2.41. The summed E-state index contributed by atoms with van der Waals surface area (Å²) in [6, 6.07) is 6.42. The van der Waals surface area contributed by atoms with E-state index in [-0.39, 0.29) is 17.5 Å². The van der Waals surface area contributed by atoms with Crippen LogP contribution in [-0.2, 0) is 13.0 Å². The zero-order chi connectivity index (χ0) is 17.6. The van der Waals surface area contributed by atoms with Crippen molar-refractivity contribution in [3.05, 3.63) is 41.0 Å². The molecule has 132 valence electrons. The van der Waals surface area contributed by atoms with Crippen molar-refractivity contribution >= 4 is 5.91 Å². The Bertz CT molecular complexity index is 814. The molecule has 1 aromatic heterocycles. The van der Waals surface area contributed by atoms with E-state index < -0.39 is 5.91 Å². The SMILES string of the molecule is CC1(C)Cc2cc(CN3CCC[C@H]3c3nc(C(N)=O)no3)ccc2O1. The first-order chi connectivity index (χ1) is 11.9. The number of likely N-dealkylation sites (tertiary alicyclic amines) is 1. The van der Waals surface area contributed by atoms with Gasteiger partial charge in [0, 0.05) is 13.0 Å². The Balaban J connectivity index is 1.51. The monoisotopic (exact) mass is 342 g/mol. The van der Waals surface area contributed by atoms with Crippen LogP contribution in [0.1, 0.15) is 60.4 Å². The van der Waals surface area contributed by atoms with Gasteiger partial charge in [0.15, 0.2) is 0 Å². The summed E-state index contributed by atoms with van der Waals surface area (Å²) in [7, 11) is 0. The van der Waals surface area contributed by atoms with E-state index in [0.717, 1.165) is 38.1 Å². The first-order valence-corrected chi connectivity index (χ1v) is 8.59. The molecule has 1 atom stereocenters. The average Bonchev–Trinajstić information content (AvgIpc) is 3.23. The highest BCUT2D eigenvalue weighted by Gasteiger charge is 2.33. The summed E-state index contributed by atoms with van der Waals surface area (Å²) in [5, 5.41) is 3.66. The molecular formula is C18H22N4O3. The van der Waals surface area contributed by atoms with E-state index in [2.05, 4.69) is 47.1 Å². The van der Waals surface area contributed by atoms with Crippen molar-refractivity contribution in [3.63, 3.8) is 0 Å². The second kappa shape index (κ2) is 5.84. The number of amides is 1. The second-order valence-electron chi connectivity index (χ2n) is 7.43. The number of hydrogen-bond acceptors (Lipinski definition) is 6. The van der Waals surface area contributed by atoms with Gasteiger partial charge in [0.1, 0.15) is 11.4 Å². The normalized spacial score (nSPS) is 21.9. The fourth-order valence-corrected chi connectivity index (χ4v) is 3.76. The van der Waals surface area contributed by atoms with Crippen LogP contribution in [0.25, 0.3) is 0 Å². The zero-order valence-electron chi connectivity index (χ0n) is 14.5. The van der Waals surface area contributed by atoms with Gasteiger partial charge in [-0.3, -0.25) is 9.69 Å². The first kappa shape index (κ1) is 16.1. The number of rotatable bonds is 4. The van der Waals surface area contributed by atoms with Crippen LogP contribution >= 0.6 is 0 Å². The van der Waals surface area contributed by atoms with E-state index in [1.165, 1.54) is 11.1 Å². The van der Waals surface area contributed by atoms with E-state index in [1.807, 2.05) is 0 Å². The molecule has 2 aliphatic rings. The van der Waals surface area contributed by atoms with Crippen LogP contribution in [0.15, 0.2) is 22.7 Å². The van der Waals surface area contributed by atoms with Crippen LogP contribution < -0.4 is 10.5 Å². The Labute approximate surface area is 146 Å². The first-order valence-electron chi connectivity index (χ1n) is 8.59. The lowest BCUT2D eigenvalue weighted by Crippen LogP contribution is -2.24. The van der Waals surface area contributed by atoms with E-state index in [9.17, 15) is 4.79 Å². The number of nitrogens with zero attached hydrogens (tertiary/aromatic N) is 3. The van der Waals surface area contributed by atoms with Gasteiger partial charge >= 0.3 is 0 Å². The lowest BCUT2D eigenvalue weighted by molar-refractivity contribution is 0.0987. The number of nitrogens with two attached hydrogens (primary N) is 1. The van der Waals surface area contributed by atoms with Crippen LogP contribution in [-0.4, -0.2) is 33.1 Å². The number of ether oxygens (including phenoxy) is 1. The van der Waals surface area contributed by atoms with Crippen molar-refractivity contribution in [1.29, 1.82) is 0 Å². The zero-order valence-corrected chi connectivity index (χ0v) is 14.5. The topological polar surface area (TPSA) is 94.5 Å². The molecule has 2 N–H and O–H groups in total. The van der Waals surface area contributed by atoms with Gasteiger partial charge in [0.25, 0.3) is 11.7 Å². The van der Waals surface area contributed by atoms with Crippen LogP contribution in [0.4, 0.5) is 0 Å². The summed E-state index contributed by atoms with van der Waals surface area (Å²) in [6.45, 7) is 5.97. The maximum Gasteiger partial charge on any atom is 0.290 e. The number of hydrogen-bond donors (Lipinski definition) is 1. The summed E-state index contributed by atoms with van der Waals surface area (Å²) in [5.41, 5.74) is 7.57. The predicted octanol–water partition coefficient (Wildman–Crippen LogP) is 2.22. The number of primary amides is 1. The summed E-state index contributed by atoms with van der Waals surface area (Å²) >= 11 is 0. The van der Waals surface area contributed by atoms with Crippen molar-refractivity contribution < 1.29 is 14.1 Å². The fourth-order valence-electron chi connectivity index (χ4n) is 3.76. The molecule has 3 heterocycles. The lowest BCUT2D eigenvalue weighted by Gasteiger charge is -2.21. The average molecular weight is 342 g/mol. The summed E-state index contributed by atoms with van der Waals surface area (Å²) in [6.07, 6.45) is 2.91. The molecule has 0 saturated carbocycles. The van der Waals surface area contributed by atoms with Crippen LogP contribution in [0.2, 0.25) is 0 Å². The molecule has 0 aliphatic carbocycles. The van der Waals surface area contributed by atoms with Gasteiger partial charge in [0.2, 0.25) is 5.89 Å². The highest BCUT2D eigenvalue weighted by Crippen LogP contribution is 2.37. The van der Waals surface area contributed by atoms with E-state index in [1.54, 1.807) is 0 Å². The smallest absolute Gasteiger partial charge is 0.290 e. The second-order valence-corrected chi connectivity index (χ2v) is 7.43. The maximum absolute atomic E-state index is 11.2. The van der Waals surface area contributed by atoms with Gasteiger partial charge in [-0.2, -0.15) is 4.98 Å². The van der Waals surface area contributed by atoms with Crippen LogP contribution in [0, 0.1) is 0 Å². The maximum atomic E-state index is 11.2. The lowest BCUT2D eigenvalue weighted by atomic mass is 10.00. The van der Waals surface area contributed by atoms with Crippen molar-refractivity contribution in [2.45, 2.75) is 51.3 Å². The predicted molar refractivity (Wildman–Crippen MR) is 90.1 cm³/mol. The largest absolute Gasteiger partial charge is 0.487 e. The van der Waals surface area contributed by atoms with E-state index in [0.29, 0.717) is 5.89 Å². The molecule has 0 spiro atoms. The Kier molecular flexibility index (Phi) is 3.76. The third-order valence-corrected chi connectivity index (χ3v) is 4.82. The van der Waals surface area contributed by atoms with Crippen molar-refractivity contribution in [2.75, 3.05) is 6.54 Å². The minimum atomic E-state index is -0.666. The fraction of sp³-hybridized carbons (Fsp3) is 0.500. The molecule has 1 amide bonds. The van der Waals surface area contributed by atoms with Gasteiger partial charge < -0.3 is 15.0 Å². The Morgan fingerprint density at radius 3 is 3.04 bits per heavy atom. The Morgan fingerprint density at radius 1 is 1.44 bits per heavy atom. The third kappa shape index (κ3) is 3.11. The minimum absolute atomic E-state index is 0.0292. The van der Waals surface area contributed by atoms with E-state index in [4.69, 9.17) is 15.0 Å². The molecule has 2 aliphatic heterocycles. The third-order valence-electron chi connectivity index (χ3n) is 4.82. The highest BCUT2D eigenvalue weighted by molar-refractivity contribution is 5.88. The van der Waals surface area contributed by atoms with Gasteiger partial charge in [-0.25, -0.2) is 0 Å². The number of aromatic nitrogens is 2. The number of carbonyl (C=O) groups is 1. The molecule has 7 nitrogen and oxygen atoms in total. The molecule has 2 aromatic rings. The summed E-state index contributed by atoms with van der Waals surface area (Å²) in [4.78, 5) is 17.6.